The Kier molecular flexibility index (Phi) is 19.6. The Hall–Kier alpha value is -0.370. The van der Waals surface area contributed by atoms with Gasteiger partial charge in [0.2, 0.25) is 0 Å². The number of carbonyl (C=O) groups excluding carboxylic acids is 1. The highest BCUT2D eigenvalue weighted by molar-refractivity contribution is 5.48. The number of unbranched alkanes of at least 4 members (excludes halogenated alkanes) is 4. The second-order valence-electron chi connectivity index (χ2n) is 2.42. The lowest BCUT2D eigenvalue weighted by atomic mass is 10.2. The highest BCUT2D eigenvalue weighted by Crippen LogP contribution is 1.99. The summed E-state index contributed by atoms with van der Waals surface area (Å²) in [7, 11) is 0. The molecule has 0 aliphatic heterocycles. The van der Waals surface area contributed by atoms with Gasteiger partial charge in [0, 0.05) is 6.42 Å². The Bertz CT molecular complexity index is 64.6. The molecule has 2 N–H and O–H groups in total. The van der Waals surface area contributed by atoms with Crippen LogP contribution in [-0.4, -0.2) is 12.8 Å². The lowest BCUT2D eigenvalue weighted by molar-refractivity contribution is -0.107. The molecule has 0 radical (unpaired) electrons. The van der Waals surface area contributed by atoms with Crippen molar-refractivity contribution in [2.45, 2.75) is 46.0 Å². The minimum absolute atomic E-state index is 0.750. The van der Waals surface area contributed by atoms with Gasteiger partial charge in [0.1, 0.15) is 6.29 Å². The summed E-state index contributed by atoms with van der Waals surface area (Å²) in [6.07, 6.45) is 6.56. The minimum atomic E-state index is 0.750. The van der Waals surface area contributed by atoms with E-state index < -0.39 is 0 Å². The zero-order valence-corrected chi connectivity index (χ0v) is 7.81. The van der Waals surface area contributed by atoms with Gasteiger partial charge in [-0.25, -0.2) is 0 Å². The lowest BCUT2D eigenvalue weighted by Gasteiger charge is -1.90. The molecule has 68 valence electrons. The van der Waals surface area contributed by atoms with Gasteiger partial charge in [0.15, 0.2) is 0 Å². The number of hydrogen-bond acceptors (Lipinski definition) is 2. The van der Waals surface area contributed by atoms with Gasteiger partial charge in [-0.3, -0.25) is 0 Å². The Morgan fingerprint density at radius 3 is 2.09 bits per heavy atom. The second kappa shape index (κ2) is 16.3. The van der Waals surface area contributed by atoms with Crippen LogP contribution in [0.15, 0.2) is 0 Å². The van der Waals surface area contributed by atoms with Gasteiger partial charge < -0.3 is 10.5 Å². The van der Waals surface area contributed by atoms with E-state index in [0.717, 1.165) is 25.7 Å². The van der Waals surface area contributed by atoms with Crippen molar-refractivity contribution in [2.75, 3.05) is 6.54 Å². The van der Waals surface area contributed by atoms with Crippen molar-refractivity contribution >= 4 is 6.29 Å². The number of hydrogen-bond donors (Lipinski definition) is 1. The van der Waals surface area contributed by atoms with Crippen molar-refractivity contribution in [3.63, 3.8) is 0 Å². The molecule has 0 rings (SSSR count). The average Bonchev–Trinajstić information content (AvgIpc) is 2.00. The normalized spacial score (nSPS) is 8.27. The van der Waals surface area contributed by atoms with Crippen LogP contribution in [-0.2, 0) is 4.79 Å². The molecule has 0 saturated heterocycles. The predicted octanol–water partition coefficient (Wildman–Crippen LogP) is 2.12. The maximum Gasteiger partial charge on any atom is 0.119 e. The van der Waals surface area contributed by atoms with E-state index in [-0.39, 0.29) is 0 Å². The number of carbonyl (C=O) groups is 1. The van der Waals surface area contributed by atoms with E-state index in [0.29, 0.717) is 0 Å². The first-order valence-electron chi connectivity index (χ1n) is 4.47. The molecule has 0 saturated carbocycles. The average molecular weight is 159 g/mol. The molecule has 0 amide bonds. The van der Waals surface area contributed by atoms with Crippen molar-refractivity contribution in [3.05, 3.63) is 0 Å². The summed E-state index contributed by atoms with van der Waals surface area (Å²) in [6.45, 7) is 4.82. The Labute approximate surface area is 70.2 Å². The summed E-state index contributed by atoms with van der Waals surface area (Å²) in [5.41, 5.74) is 4.85. The second-order valence-corrected chi connectivity index (χ2v) is 2.42. The maximum absolute atomic E-state index is 9.77. The van der Waals surface area contributed by atoms with E-state index in [1.54, 1.807) is 0 Å². The molecule has 0 fully saturated rings. The summed E-state index contributed by atoms with van der Waals surface area (Å²) in [5.74, 6) is 0. The molecule has 0 aromatic heterocycles. The third-order valence-corrected chi connectivity index (χ3v) is 1.18. The zero-order chi connectivity index (χ0) is 8.95. The van der Waals surface area contributed by atoms with Crippen LogP contribution in [0.25, 0.3) is 0 Å². The summed E-state index contributed by atoms with van der Waals surface area (Å²) in [6, 6.07) is 0. The van der Waals surface area contributed by atoms with Gasteiger partial charge in [-0.15, -0.1) is 0 Å². The van der Waals surface area contributed by atoms with Gasteiger partial charge in [-0.1, -0.05) is 33.1 Å². The molecule has 0 atom stereocenters. The molecule has 0 heterocycles. The SMILES string of the molecule is CCCCCCC=O.CCN. The van der Waals surface area contributed by atoms with E-state index in [2.05, 4.69) is 6.92 Å². The van der Waals surface area contributed by atoms with Crippen molar-refractivity contribution in [1.82, 2.24) is 0 Å². The van der Waals surface area contributed by atoms with Gasteiger partial charge in [0.05, 0.1) is 0 Å². The molecular weight excluding hydrogens is 138 g/mol. The van der Waals surface area contributed by atoms with Crippen LogP contribution in [0.3, 0.4) is 0 Å². The van der Waals surface area contributed by atoms with Gasteiger partial charge in [0.25, 0.3) is 0 Å². The molecule has 0 aliphatic rings. The predicted molar refractivity (Wildman–Crippen MR) is 49.6 cm³/mol. The van der Waals surface area contributed by atoms with Crippen molar-refractivity contribution in [2.24, 2.45) is 5.73 Å². The molecule has 0 aliphatic carbocycles. The van der Waals surface area contributed by atoms with Gasteiger partial charge in [-0.2, -0.15) is 0 Å². The fraction of sp³-hybridized carbons (Fsp3) is 0.889. The van der Waals surface area contributed by atoms with Crippen molar-refractivity contribution in [1.29, 1.82) is 0 Å². The van der Waals surface area contributed by atoms with Gasteiger partial charge >= 0.3 is 0 Å². The van der Waals surface area contributed by atoms with Crippen LogP contribution in [0.4, 0.5) is 0 Å². The third kappa shape index (κ3) is 26.2. The Morgan fingerprint density at radius 2 is 1.73 bits per heavy atom. The first-order chi connectivity index (χ1) is 5.33. The largest absolute Gasteiger partial charge is 0.331 e. The van der Waals surface area contributed by atoms with E-state index >= 15 is 0 Å². The Balaban J connectivity index is 0. The lowest BCUT2D eigenvalue weighted by Crippen LogP contribution is -1.87. The van der Waals surface area contributed by atoms with E-state index in [4.69, 9.17) is 5.73 Å². The molecule has 0 aromatic carbocycles. The summed E-state index contributed by atoms with van der Waals surface area (Å²) in [4.78, 5) is 9.77. The smallest absolute Gasteiger partial charge is 0.119 e. The summed E-state index contributed by atoms with van der Waals surface area (Å²) < 4.78 is 0. The fourth-order valence-electron chi connectivity index (χ4n) is 0.654. The molecule has 0 unspecified atom stereocenters. The minimum Gasteiger partial charge on any atom is -0.331 e. The van der Waals surface area contributed by atoms with E-state index in [1.165, 1.54) is 19.3 Å². The van der Waals surface area contributed by atoms with Crippen LogP contribution < -0.4 is 5.73 Å². The Morgan fingerprint density at radius 1 is 1.18 bits per heavy atom. The van der Waals surface area contributed by atoms with E-state index in [9.17, 15) is 4.79 Å². The number of nitrogens with two attached hydrogens (primary N) is 1. The zero-order valence-electron chi connectivity index (χ0n) is 7.81. The third-order valence-electron chi connectivity index (χ3n) is 1.18. The molecule has 0 aromatic rings. The quantitative estimate of drug-likeness (QED) is 0.493. The fourth-order valence-corrected chi connectivity index (χ4v) is 0.654. The van der Waals surface area contributed by atoms with Crippen LogP contribution in [0.1, 0.15) is 46.0 Å². The molecule has 0 bridgehead atoms. The molecular formula is C9H21NO. The summed E-state index contributed by atoms with van der Waals surface area (Å²) in [5, 5.41) is 0. The molecule has 11 heavy (non-hydrogen) atoms. The van der Waals surface area contributed by atoms with Crippen molar-refractivity contribution in [3.8, 4) is 0 Å². The highest BCUT2D eigenvalue weighted by atomic mass is 16.1. The van der Waals surface area contributed by atoms with Crippen LogP contribution >= 0.6 is 0 Å². The standard InChI is InChI=1S/C7H14O.C2H7N/c1-2-3-4-5-6-7-8;1-2-3/h7H,2-6H2,1H3;2-3H2,1H3. The first kappa shape index (κ1) is 13.2. The molecule has 2 nitrogen and oxygen atoms in total. The van der Waals surface area contributed by atoms with Crippen molar-refractivity contribution < 1.29 is 4.79 Å². The van der Waals surface area contributed by atoms with Crippen LogP contribution in [0.2, 0.25) is 0 Å². The summed E-state index contributed by atoms with van der Waals surface area (Å²) >= 11 is 0. The van der Waals surface area contributed by atoms with Crippen LogP contribution in [0, 0.1) is 0 Å². The molecule has 0 spiro atoms. The molecule has 2 heteroatoms. The number of aldehydes is 1. The monoisotopic (exact) mass is 159 g/mol. The van der Waals surface area contributed by atoms with E-state index in [1.807, 2.05) is 6.92 Å². The number of rotatable bonds is 5. The topological polar surface area (TPSA) is 43.1 Å². The maximum atomic E-state index is 9.77. The van der Waals surface area contributed by atoms with Crippen LogP contribution in [0.5, 0.6) is 0 Å². The van der Waals surface area contributed by atoms with Gasteiger partial charge in [-0.05, 0) is 13.0 Å². The first-order valence-corrected chi connectivity index (χ1v) is 4.47. The highest BCUT2D eigenvalue weighted by Gasteiger charge is 1.83.